The number of anilines is 1. The highest BCUT2D eigenvalue weighted by molar-refractivity contribution is 5.91. The van der Waals surface area contributed by atoms with Crippen molar-refractivity contribution in [2.24, 2.45) is 0 Å². The molecule has 0 spiro atoms. The number of aryl methyl sites for hydroxylation is 1. The van der Waals surface area contributed by atoms with E-state index in [0.29, 0.717) is 29.2 Å². The van der Waals surface area contributed by atoms with Crippen LogP contribution in [-0.2, 0) is 4.74 Å². The summed E-state index contributed by atoms with van der Waals surface area (Å²) in [5, 5.41) is 11.7. The zero-order chi connectivity index (χ0) is 12.1. The molecule has 0 radical (unpaired) electrons. The minimum Gasteiger partial charge on any atom is -0.462 e. The van der Waals surface area contributed by atoms with Crippen LogP contribution in [0.15, 0.2) is 6.07 Å². The molecule has 16 heavy (non-hydrogen) atoms. The highest BCUT2D eigenvalue weighted by atomic mass is 16.5. The van der Waals surface area contributed by atoms with Gasteiger partial charge in [-0.2, -0.15) is 5.26 Å². The minimum atomic E-state index is -0.452. The van der Waals surface area contributed by atoms with Crippen molar-refractivity contribution in [1.82, 2.24) is 4.98 Å². The molecule has 84 valence electrons. The van der Waals surface area contributed by atoms with Crippen LogP contribution in [-0.4, -0.2) is 24.6 Å². The Morgan fingerprint density at radius 3 is 2.88 bits per heavy atom. The molecule has 5 nitrogen and oxygen atoms in total. The van der Waals surface area contributed by atoms with Crippen molar-refractivity contribution in [3.05, 3.63) is 22.9 Å². The first-order valence-electron chi connectivity index (χ1n) is 4.90. The van der Waals surface area contributed by atoms with Crippen molar-refractivity contribution in [2.75, 3.05) is 19.0 Å². The maximum Gasteiger partial charge on any atom is 0.340 e. The molecule has 0 atom stereocenters. The number of nitrogens with zero attached hydrogens (tertiary/aromatic N) is 2. The van der Waals surface area contributed by atoms with Gasteiger partial charge < -0.3 is 10.1 Å². The van der Waals surface area contributed by atoms with Gasteiger partial charge in [0.25, 0.3) is 0 Å². The van der Waals surface area contributed by atoms with E-state index in [0.717, 1.165) is 0 Å². The number of ether oxygens (including phenoxy) is 1. The first-order valence-corrected chi connectivity index (χ1v) is 4.90. The maximum atomic E-state index is 11.5. The number of pyridine rings is 1. The largest absolute Gasteiger partial charge is 0.462 e. The number of rotatable bonds is 3. The van der Waals surface area contributed by atoms with Crippen LogP contribution in [0.25, 0.3) is 0 Å². The van der Waals surface area contributed by atoms with Crippen molar-refractivity contribution in [1.29, 1.82) is 5.26 Å². The Bertz CT molecular complexity index is 449. The monoisotopic (exact) mass is 219 g/mol. The third kappa shape index (κ3) is 2.28. The maximum absolute atomic E-state index is 11.5. The van der Waals surface area contributed by atoms with Gasteiger partial charge in [0, 0.05) is 7.05 Å². The Kier molecular flexibility index (Phi) is 3.84. The van der Waals surface area contributed by atoms with Gasteiger partial charge in [-0.1, -0.05) is 0 Å². The molecular formula is C11H13N3O2. The van der Waals surface area contributed by atoms with E-state index in [1.807, 2.05) is 6.07 Å². The molecule has 1 aromatic rings. The van der Waals surface area contributed by atoms with E-state index in [9.17, 15) is 4.79 Å². The molecule has 0 aliphatic heterocycles. The van der Waals surface area contributed by atoms with E-state index in [4.69, 9.17) is 10.00 Å². The number of nitrogens with one attached hydrogen (secondary N) is 1. The fraction of sp³-hybridized carbons (Fsp3) is 0.364. The zero-order valence-corrected chi connectivity index (χ0v) is 9.50. The molecule has 5 heteroatoms. The molecule has 0 fully saturated rings. The lowest BCUT2D eigenvalue weighted by Crippen LogP contribution is -2.10. The van der Waals surface area contributed by atoms with Gasteiger partial charge in [-0.05, 0) is 19.9 Å². The second kappa shape index (κ2) is 5.12. The Morgan fingerprint density at radius 2 is 2.38 bits per heavy atom. The first kappa shape index (κ1) is 12.0. The number of hydrogen-bond donors (Lipinski definition) is 1. The molecule has 1 N–H and O–H groups in total. The Labute approximate surface area is 94.1 Å². The summed E-state index contributed by atoms with van der Waals surface area (Å²) in [4.78, 5) is 15.7. The average molecular weight is 219 g/mol. The zero-order valence-electron chi connectivity index (χ0n) is 9.50. The van der Waals surface area contributed by atoms with E-state index in [2.05, 4.69) is 10.3 Å². The molecule has 1 aromatic heterocycles. The number of aromatic nitrogens is 1. The smallest absolute Gasteiger partial charge is 0.340 e. The second-order valence-electron chi connectivity index (χ2n) is 3.10. The average Bonchev–Trinajstić information content (AvgIpc) is 2.28. The molecule has 1 heterocycles. The Hall–Kier alpha value is -2.09. The summed E-state index contributed by atoms with van der Waals surface area (Å²) in [6, 6.07) is 3.47. The normalized spacial score (nSPS) is 9.38. The minimum absolute atomic E-state index is 0.300. The van der Waals surface area contributed by atoms with Gasteiger partial charge in [-0.25, -0.2) is 9.78 Å². The van der Waals surface area contributed by atoms with Crippen LogP contribution in [0, 0.1) is 18.3 Å². The predicted octanol–water partition coefficient (Wildman–Crippen LogP) is 1.48. The first-order chi connectivity index (χ1) is 7.63. The number of carbonyl (C=O) groups excluding carboxylic acids is 1. The van der Waals surface area contributed by atoms with Crippen molar-refractivity contribution in [2.45, 2.75) is 13.8 Å². The van der Waals surface area contributed by atoms with E-state index >= 15 is 0 Å². The van der Waals surface area contributed by atoms with Crippen molar-refractivity contribution < 1.29 is 9.53 Å². The molecule has 0 aliphatic rings. The van der Waals surface area contributed by atoms with Crippen LogP contribution in [0.1, 0.15) is 28.5 Å². The summed E-state index contributed by atoms with van der Waals surface area (Å²) >= 11 is 0. The van der Waals surface area contributed by atoms with Gasteiger partial charge in [-0.15, -0.1) is 0 Å². The molecular weight excluding hydrogens is 206 g/mol. The number of carbonyl (C=O) groups is 1. The van der Waals surface area contributed by atoms with Crippen molar-refractivity contribution in [3.63, 3.8) is 0 Å². The predicted molar refractivity (Wildman–Crippen MR) is 59.2 cm³/mol. The molecule has 0 amide bonds. The number of nitriles is 1. The number of esters is 1. The topological polar surface area (TPSA) is 75.0 Å². The van der Waals surface area contributed by atoms with E-state index < -0.39 is 5.97 Å². The Balaban J connectivity index is 3.22. The third-order valence-corrected chi connectivity index (χ3v) is 2.07. The molecule has 0 aliphatic carbocycles. The summed E-state index contributed by atoms with van der Waals surface area (Å²) in [5.41, 5.74) is 1.20. The van der Waals surface area contributed by atoms with Crippen molar-refractivity contribution in [3.8, 4) is 6.07 Å². The van der Waals surface area contributed by atoms with Gasteiger partial charge in [-0.3, -0.25) is 0 Å². The van der Waals surface area contributed by atoms with Crippen LogP contribution < -0.4 is 5.32 Å². The standard InChI is InChI=1S/C11H13N3O2/c1-4-16-11(15)9-5-8(6-12)10(13-3)14-7(9)2/h5H,4H2,1-3H3,(H,13,14). The Morgan fingerprint density at radius 1 is 1.69 bits per heavy atom. The lowest BCUT2D eigenvalue weighted by atomic mass is 10.1. The van der Waals surface area contributed by atoms with Gasteiger partial charge in [0.1, 0.15) is 11.9 Å². The highest BCUT2D eigenvalue weighted by Crippen LogP contribution is 2.17. The third-order valence-electron chi connectivity index (χ3n) is 2.07. The van der Waals surface area contributed by atoms with Crippen LogP contribution in [0.2, 0.25) is 0 Å². The van der Waals surface area contributed by atoms with Crippen LogP contribution >= 0.6 is 0 Å². The van der Waals surface area contributed by atoms with Gasteiger partial charge in [0.2, 0.25) is 0 Å². The lowest BCUT2D eigenvalue weighted by molar-refractivity contribution is 0.0525. The SMILES string of the molecule is CCOC(=O)c1cc(C#N)c(NC)nc1C. The number of hydrogen-bond acceptors (Lipinski definition) is 5. The molecule has 0 saturated heterocycles. The lowest BCUT2D eigenvalue weighted by Gasteiger charge is -2.08. The molecule has 0 unspecified atom stereocenters. The summed E-state index contributed by atoms with van der Waals surface area (Å²) < 4.78 is 4.87. The highest BCUT2D eigenvalue weighted by Gasteiger charge is 2.14. The summed E-state index contributed by atoms with van der Waals surface area (Å²) in [5.74, 6) is 0.0136. The molecule has 0 aromatic carbocycles. The quantitative estimate of drug-likeness (QED) is 0.779. The van der Waals surface area contributed by atoms with E-state index in [1.165, 1.54) is 6.07 Å². The molecule has 1 rings (SSSR count). The molecule has 0 bridgehead atoms. The van der Waals surface area contributed by atoms with E-state index in [-0.39, 0.29) is 0 Å². The fourth-order valence-electron chi connectivity index (χ4n) is 1.30. The van der Waals surface area contributed by atoms with Gasteiger partial charge in [0.15, 0.2) is 0 Å². The second-order valence-corrected chi connectivity index (χ2v) is 3.10. The summed E-state index contributed by atoms with van der Waals surface area (Å²) in [7, 11) is 1.67. The van der Waals surface area contributed by atoms with Crippen LogP contribution in [0.3, 0.4) is 0 Å². The fourth-order valence-corrected chi connectivity index (χ4v) is 1.30. The van der Waals surface area contributed by atoms with E-state index in [1.54, 1.807) is 20.9 Å². The van der Waals surface area contributed by atoms with Gasteiger partial charge in [0.05, 0.1) is 23.4 Å². The van der Waals surface area contributed by atoms with Gasteiger partial charge >= 0.3 is 5.97 Å². The summed E-state index contributed by atoms with van der Waals surface area (Å²) in [6.45, 7) is 3.73. The summed E-state index contributed by atoms with van der Waals surface area (Å²) in [6.07, 6.45) is 0. The van der Waals surface area contributed by atoms with Crippen LogP contribution in [0.5, 0.6) is 0 Å². The van der Waals surface area contributed by atoms with Crippen LogP contribution in [0.4, 0.5) is 5.82 Å². The van der Waals surface area contributed by atoms with Crippen molar-refractivity contribution >= 4 is 11.8 Å². The molecule has 0 saturated carbocycles.